The highest BCUT2D eigenvalue weighted by Gasteiger charge is 2.09. The lowest BCUT2D eigenvalue weighted by atomic mass is 10.1. The normalized spacial score (nSPS) is 9.94. The number of aromatic nitrogens is 1. The number of pyridine rings is 1. The van der Waals surface area contributed by atoms with Crippen LogP contribution in [-0.4, -0.2) is 10.9 Å². The molecule has 0 aliphatic heterocycles. The largest absolute Gasteiger partial charge is 0.398 e. The molecule has 1 aromatic heterocycles. The fourth-order valence-corrected chi connectivity index (χ4v) is 1.51. The van der Waals surface area contributed by atoms with Crippen LogP contribution in [0.5, 0.6) is 0 Å². The van der Waals surface area contributed by atoms with Crippen LogP contribution in [0.2, 0.25) is 0 Å². The second-order valence-corrected chi connectivity index (χ2v) is 3.76. The number of rotatable bonds is 2. The molecule has 0 radical (unpaired) electrons. The highest BCUT2D eigenvalue weighted by Crippen LogP contribution is 2.15. The smallest absolute Gasteiger partial charge is 0.258 e. The van der Waals surface area contributed by atoms with Crippen molar-refractivity contribution in [3.63, 3.8) is 0 Å². The summed E-state index contributed by atoms with van der Waals surface area (Å²) in [6.07, 6.45) is 1.62. The van der Waals surface area contributed by atoms with Gasteiger partial charge in [0.1, 0.15) is 5.82 Å². The molecule has 0 unspecified atom stereocenters. The van der Waals surface area contributed by atoms with E-state index in [0.717, 1.165) is 5.56 Å². The molecule has 17 heavy (non-hydrogen) atoms. The first-order chi connectivity index (χ1) is 8.16. The van der Waals surface area contributed by atoms with Gasteiger partial charge < -0.3 is 11.1 Å². The Morgan fingerprint density at radius 1 is 1.29 bits per heavy atom. The lowest BCUT2D eigenvalue weighted by molar-refractivity contribution is 0.102. The van der Waals surface area contributed by atoms with Gasteiger partial charge in [0.15, 0.2) is 0 Å². The number of carbonyl (C=O) groups is 1. The zero-order valence-corrected chi connectivity index (χ0v) is 9.47. The highest BCUT2D eigenvalue weighted by atomic mass is 16.1. The van der Waals surface area contributed by atoms with Crippen molar-refractivity contribution < 1.29 is 4.79 Å². The van der Waals surface area contributed by atoms with Crippen molar-refractivity contribution in [2.75, 3.05) is 11.1 Å². The first kappa shape index (κ1) is 11.1. The molecule has 0 fully saturated rings. The van der Waals surface area contributed by atoms with Gasteiger partial charge in [-0.25, -0.2) is 4.98 Å². The van der Waals surface area contributed by atoms with E-state index in [2.05, 4.69) is 10.3 Å². The lowest BCUT2D eigenvalue weighted by Gasteiger charge is -2.07. The van der Waals surface area contributed by atoms with Crippen LogP contribution in [0.1, 0.15) is 15.9 Å². The lowest BCUT2D eigenvalue weighted by Crippen LogP contribution is -2.14. The Labute approximate surface area is 99.5 Å². The van der Waals surface area contributed by atoms with Crippen LogP contribution in [0, 0.1) is 6.92 Å². The van der Waals surface area contributed by atoms with Crippen LogP contribution in [0.25, 0.3) is 0 Å². The van der Waals surface area contributed by atoms with Gasteiger partial charge in [-0.2, -0.15) is 0 Å². The molecule has 2 aromatic rings. The van der Waals surface area contributed by atoms with E-state index in [1.54, 1.807) is 36.5 Å². The maximum absolute atomic E-state index is 11.9. The molecular weight excluding hydrogens is 214 g/mol. The second-order valence-electron chi connectivity index (χ2n) is 3.76. The third kappa shape index (κ3) is 2.60. The van der Waals surface area contributed by atoms with Crippen LogP contribution in [0.3, 0.4) is 0 Å². The molecular formula is C13H13N3O. The van der Waals surface area contributed by atoms with E-state index in [1.165, 1.54) is 0 Å². The predicted molar refractivity (Wildman–Crippen MR) is 67.8 cm³/mol. The third-order valence-electron chi connectivity index (χ3n) is 2.36. The van der Waals surface area contributed by atoms with Gasteiger partial charge in [-0.05, 0) is 36.8 Å². The van der Waals surface area contributed by atoms with Gasteiger partial charge in [-0.3, -0.25) is 4.79 Å². The number of hydrogen-bond acceptors (Lipinski definition) is 3. The van der Waals surface area contributed by atoms with E-state index < -0.39 is 0 Å². The maximum atomic E-state index is 11.9. The summed E-state index contributed by atoms with van der Waals surface area (Å²) in [4.78, 5) is 15.9. The average molecular weight is 227 g/mol. The quantitative estimate of drug-likeness (QED) is 0.773. The summed E-state index contributed by atoms with van der Waals surface area (Å²) < 4.78 is 0. The van der Waals surface area contributed by atoms with Crippen LogP contribution in [-0.2, 0) is 0 Å². The predicted octanol–water partition coefficient (Wildman–Crippen LogP) is 2.22. The van der Waals surface area contributed by atoms with E-state index >= 15 is 0 Å². The summed E-state index contributed by atoms with van der Waals surface area (Å²) in [5, 5.41) is 2.69. The fourth-order valence-electron chi connectivity index (χ4n) is 1.51. The summed E-state index contributed by atoms with van der Waals surface area (Å²) >= 11 is 0. The first-order valence-electron chi connectivity index (χ1n) is 5.25. The number of benzene rings is 1. The summed E-state index contributed by atoms with van der Waals surface area (Å²) in [6.45, 7) is 1.93. The van der Waals surface area contributed by atoms with Gasteiger partial charge in [-0.15, -0.1) is 0 Å². The first-order valence-corrected chi connectivity index (χ1v) is 5.25. The number of anilines is 2. The molecule has 0 aliphatic rings. The molecule has 3 N–H and O–H groups in total. The van der Waals surface area contributed by atoms with Crippen LogP contribution >= 0.6 is 0 Å². The molecule has 0 atom stereocenters. The number of aryl methyl sites for hydroxylation is 1. The number of nitrogens with zero attached hydrogens (tertiary/aromatic N) is 1. The van der Waals surface area contributed by atoms with Gasteiger partial charge in [0.05, 0.1) is 5.56 Å². The summed E-state index contributed by atoms with van der Waals surface area (Å²) in [5.74, 6) is 0.263. The maximum Gasteiger partial charge on any atom is 0.258 e. The Bertz CT molecular complexity index is 538. The molecule has 1 amide bonds. The summed E-state index contributed by atoms with van der Waals surface area (Å²) in [5.41, 5.74) is 7.75. The van der Waals surface area contributed by atoms with Crippen molar-refractivity contribution in [1.29, 1.82) is 0 Å². The van der Waals surface area contributed by atoms with Crippen LogP contribution in [0.4, 0.5) is 11.5 Å². The van der Waals surface area contributed by atoms with Crippen molar-refractivity contribution in [2.24, 2.45) is 0 Å². The molecule has 86 valence electrons. The summed E-state index contributed by atoms with van der Waals surface area (Å²) in [6, 6.07) is 10.7. The van der Waals surface area contributed by atoms with Gasteiger partial charge in [-0.1, -0.05) is 12.1 Å². The SMILES string of the molecule is Cc1ccc(C(=O)Nc2ccccn2)c(N)c1. The fraction of sp³-hybridized carbons (Fsp3) is 0.0769. The Morgan fingerprint density at radius 2 is 2.12 bits per heavy atom. The molecule has 4 nitrogen and oxygen atoms in total. The number of hydrogen-bond donors (Lipinski definition) is 2. The standard InChI is InChI=1S/C13H13N3O/c1-9-5-6-10(11(14)8-9)13(17)16-12-4-2-3-7-15-12/h2-8H,14H2,1H3,(H,15,16,17). The Hall–Kier alpha value is -2.36. The van der Waals surface area contributed by atoms with E-state index in [1.807, 2.05) is 13.0 Å². The molecule has 1 aromatic carbocycles. The number of carbonyl (C=O) groups excluding carboxylic acids is 1. The number of nitrogen functional groups attached to an aromatic ring is 1. The topological polar surface area (TPSA) is 68.0 Å². The molecule has 0 bridgehead atoms. The summed E-state index contributed by atoms with van der Waals surface area (Å²) in [7, 11) is 0. The van der Waals surface area contributed by atoms with Crippen molar-refractivity contribution >= 4 is 17.4 Å². The minimum absolute atomic E-state index is 0.249. The van der Waals surface area contributed by atoms with E-state index in [9.17, 15) is 4.79 Å². The van der Waals surface area contributed by atoms with Crippen molar-refractivity contribution in [3.8, 4) is 0 Å². The zero-order chi connectivity index (χ0) is 12.3. The second kappa shape index (κ2) is 4.65. The molecule has 0 spiro atoms. The van der Waals surface area contributed by atoms with Crippen LogP contribution < -0.4 is 11.1 Å². The number of amides is 1. The van der Waals surface area contributed by atoms with Crippen LogP contribution in [0.15, 0.2) is 42.6 Å². The van der Waals surface area contributed by atoms with Crippen molar-refractivity contribution in [2.45, 2.75) is 6.92 Å². The molecule has 0 aliphatic carbocycles. The third-order valence-corrected chi connectivity index (χ3v) is 2.36. The Balaban J connectivity index is 2.21. The number of nitrogens with two attached hydrogens (primary N) is 1. The van der Waals surface area contributed by atoms with E-state index in [0.29, 0.717) is 17.1 Å². The highest BCUT2D eigenvalue weighted by molar-refractivity contribution is 6.07. The van der Waals surface area contributed by atoms with E-state index in [4.69, 9.17) is 5.73 Å². The molecule has 0 saturated heterocycles. The zero-order valence-electron chi connectivity index (χ0n) is 9.47. The Kier molecular flexibility index (Phi) is 3.05. The number of nitrogens with one attached hydrogen (secondary N) is 1. The average Bonchev–Trinajstić information content (AvgIpc) is 2.30. The monoisotopic (exact) mass is 227 g/mol. The minimum Gasteiger partial charge on any atom is -0.398 e. The molecule has 2 rings (SSSR count). The van der Waals surface area contributed by atoms with E-state index in [-0.39, 0.29) is 5.91 Å². The molecule has 1 heterocycles. The van der Waals surface area contributed by atoms with Crippen molar-refractivity contribution in [3.05, 3.63) is 53.7 Å². The molecule has 0 saturated carbocycles. The van der Waals surface area contributed by atoms with Crippen molar-refractivity contribution in [1.82, 2.24) is 4.98 Å². The van der Waals surface area contributed by atoms with Gasteiger partial charge >= 0.3 is 0 Å². The molecule has 4 heteroatoms. The van der Waals surface area contributed by atoms with Gasteiger partial charge in [0.25, 0.3) is 5.91 Å². The Morgan fingerprint density at radius 3 is 2.76 bits per heavy atom. The van der Waals surface area contributed by atoms with Gasteiger partial charge in [0, 0.05) is 11.9 Å². The minimum atomic E-state index is -0.249. The van der Waals surface area contributed by atoms with Gasteiger partial charge in [0.2, 0.25) is 0 Å².